The van der Waals surface area contributed by atoms with E-state index in [-0.39, 0.29) is 16.9 Å². The van der Waals surface area contributed by atoms with Crippen molar-refractivity contribution in [1.29, 1.82) is 0 Å². The third kappa shape index (κ3) is 3.68. The molecule has 6 heteroatoms. The molecule has 0 unspecified atom stereocenters. The molecule has 2 aromatic rings. The van der Waals surface area contributed by atoms with Gasteiger partial charge in [0.15, 0.2) is 5.43 Å². The van der Waals surface area contributed by atoms with E-state index < -0.39 is 5.54 Å². The maximum atomic E-state index is 12.6. The molecular formula is C18H19ClN2O3. The Balaban J connectivity index is 1.81. The zero-order chi connectivity index (χ0) is 17.2. The van der Waals surface area contributed by atoms with E-state index in [1.165, 1.54) is 12.3 Å². The first-order valence-corrected chi connectivity index (χ1v) is 8.19. The van der Waals surface area contributed by atoms with Gasteiger partial charge in [-0.1, -0.05) is 23.7 Å². The van der Waals surface area contributed by atoms with Gasteiger partial charge in [-0.3, -0.25) is 9.59 Å². The predicted octanol–water partition coefficient (Wildman–Crippen LogP) is 2.47. The lowest BCUT2D eigenvalue weighted by Gasteiger charge is -2.29. The molecule has 1 fully saturated rings. The number of aryl methyl sites for hydroxylation is 1. The van der Waals surface area contributed by atoms with Gasteiger partial charge in [-0.25, -0.2) is 0 Å². The molecule has 2 N–H and O–H groups in total. The van der Waals surface area contributed by atoms with E-state index in [1.54, 1.807) is 6.92 Å². The number of aromatic amines is 1. The minimum atomic E-state index is -0.512. The Kier molecular flexibility index (Phi) is 4.73. The molecule has 1 aromatic carbocycles. The lowest BCUT2D eigenvalue weighted by Crippen LogP contribution is -2.51. The van der Waals surface area contributed by atoms with Gasteiger partial charge in [0, 0.05) is 29.6 Å². The van der Waals surface area contributed by atoms with Crippen molar-refractivity contribution < 1.29 is 9.53 Å². The minimum absolute atomic E-state index is 0.114. The van der Waals surface area contributed by atoms with E-state index in [9.17, 15) is 9.59 Å². The van der Waals surface area contributed by atoms with Crippen LogP contribution in [0.3, 0.4) is 0 Å². The molecule has 0 bridgehead atoms. The molecule has 0 saturated carbocycles. The number of nitrogens with one attached hydrogen (secondary N) is 2. The molecule has 126 valence electrons. The number of pyridine rings is 1. The van der Waals surface area contributed by atoms with Gasteiger partial charge >= 0.3 is 0 Å². The summed E-state index contributed by atoms with van der Waals surface area (Å²) in [7, 11) is 0. The number of amides is 1. The first-order chi connectivity index (χ1) is 11.5. The summed E-state index contributed by atoms with van der Waals surface area (Å²) in [5.41, 5.74) is 1.09. The summed E-state index contributed by atoms with van der Waals surface area (Å²) < 4.78 is 5.52. The standard InChI is InChI=1S/C18H19ClN2O3/c1-12-8-16(22)15(10-20-12)17(23)21-18(6-7-24-11-18)9-13-2-4-14(19)5-3-13/h2-5,8,10H,6-7,9,11H2,1H3,(H,20,22)(H,21,23)/t18-/m1/s1. The fourth-order valence-corrected chi connectivity index (χ4v) is 3.07. The molecule has 3 rings (SSSR count). The first-order valence-electron chi connectivity index (χ1n) is 7.81. The van der Waals surface area contributed by atoms with Gasteiger partial charge in [0.05, 0.1) is 12.1 Å². The molecule has 1 atom stereocenters. The van der Waals surface area contributed by atoms with Crippen LogP contribution < -0.4 is 10.7 Å². The number of H-pyrrole nitrogens is 1. The number of carbonyl (C=O) groups is 1. The van der Waals surface area contributed by atoms with Crippen LogP contribution in [0.1, 0.15) is 28.0 Å². The van der Waals surface area contributed by atoms with Crippen molar-refractivity contribution in [3.8, 4) is 0 Å². The second-order valence-electron chi connectivity index (χ2n) is 6.23. The summed E-state index contributed by atoms with van der Waals surface area (Å²) in [5, 5.41) is 3.69. The minimum Gasteiger partial charge on any atom is -0.379 e. The van der Waals surface area contributed by atoms with Crippen LogP contribution >= 0.6 is 11.6 Å². The van der Waals surface area contributed by atoms with Crippen molar-refractivity contribution in [3.05, 3.63) is 68.6 Å². The number of ether oxygens (including phenoxy) is 1. The molecule has 1 aliphatic heterocycles. The SMILES string of the molecule is Cc1cc(=O)c(C(=O)N[C@@]2(Cc3ccc(Cl)cc3)CCOC2)c[nH]1. The van der Waals surface area contributed by atoms with Crippen LogP contribution in [0.15, 0.2) is 41.3 Å². The van der Waals surface area contributed by atoms with Crippen LogP contribution in [0.4, 0.5) is 0 Å². The Morgan fingerprint density at radius 3 is 2.75 bits per heavy atom. The molecule has 1 saturated heterocycles. The summed E-state index contributed by atoms with van der Waals surface area (Å²) in [4.78, 5) is 27.5. The lowest BCUT2D eigenvalue weighted by molar-refractivity contribution is 0.0876. The van der Waals surface area contributed by atoms with Crippen molar-refractivity contribution >= 4 is 17.5 Å². The van der Waals surface area contributed by atoms with Gasteiger partial charge in [0.1, 0.15) is 5.56 Å². The molecule has 1 aliphatic rings. The van der Waals surface area contributed by atoms with E-state index >= 15 is 0 Å². The quantitative estimate of drug-likeness (QED) is 0.893. The number of carbonyl (C=O) groups excluding carboxylic acids is 1. The number of benzene rings is 1. The van der Waals surface area contributed by atoms with E-state index in [1.807, 2.05) is 24.3 Å². The Hall–Kier alpha value is -2.11. The lowest BCUT2D eigenvalue weighted by atomic mass is 9.89. The van der Waals surface area contributed by atoms with Crippen LogP contribution in [0.25, 0.3) is 0 Å². The maximum Gasteiger partial charge on any atom is 0.257 e. The van der Waals surface area contributed by atoms with E-state index in [0.29, 0.717) is 31.1 Å². The van der Waals surface area contributed by atoms with Gasteiger partial charge in [0.2, 0.25) is 0 Å². The first kappa shape index (κ1) is 16.7. The average Bonchev–Trinajstić information content (AvgIpc) is 2.97. The summed E-state index contributed by atoms with van der Waals surface area (Å²) in [6.07, 6.45) is 2.78. The second kappa shape index (κ2) is 6.79. The topological polar surface area (TPSA) is 71.2 Å². The smallest absolute Gasteiger partial charge is 0.257 e. The predicted molar refractivity (Wildman–Crippen MR) is 92.6 cm³/mol. The highest BCUT2D eigenvalue weighted by Crippen LogP contribution is 2.25. The summed E-state index contributed by atoms with van der Waals surface area (Å²) in [6.45, 7) is 2.78. The molecule has 1 amide bonds. The monoisotopic (exact) mass is 346 g/mol. The highest BCUT2D eigenvalue weighted by molar-refractivity contribution is 6.30. The summed E-state index contributed by atoms with van der Waals surface area (Å²) >= 11 is 5.92. The van der Waals surface area contributed by atoms with Crippen molar-refractivity contribution in [3.63, 3.8) is 0 Å². The van der Waals surface area contributed by atoms with Crippen LogP contribution in [-0.2, 0) is 11.2 Å². The Bertz CT molecular complexity index is 793. The van der Waals surface area contributed by atoms with Crippen LogP contribution in [-0.4, -0.2) is 29.6 Å². The van der Waals surface area contributed by atoms with Gasteiger partial charge < -0.3 is 15.0 Å². The van der Waals surface area contributed by atoms with Gasteiger partial charge in [0.25, 0.3) is 5.91 Å². The Morgan fingerprint density at radius 2 is 2.12 bits per heavy atom. The number of hydrogen-bond donors (Lipinski definition) is 2. The molecular weight excluding hydrogens is 328 g/mol. The van der Waals surface area contributed by atoms with E-state index in [2.05, 4.69) is 10.3 Å². The number of rotatable bonds is 4. The van der Waals surface area contributed by atoms with Gasteiger partial charge in [-0.15, -0.1) is 0 Å². The highest BCUT2D eigenvalue weighted by Gasteiger charge is 2.37. The molecule has 0 spiro atoms. The second-order valence-corrected chi connectivity index (χ2v) is 6.67. The van der Waals surface area contributed by atoms with Crippen LogP contribution in [0.2, 0.25) is 5.02 Å². The van der Waals surface area contributed by atoms with E-state index in [0.717, 1.165) is 11.3 Å². The highest BCUT2D eigenvalue weighted by atomic mass is 35.5. The largest absolute Gasteiger partial charge is 0.379 e. The molecule has 5 nitrogen and oxygen atoms in total. The molecule has 1 aromatic heterocycles. The fourth-order valence-electron chi connectivity index (χ4n) is 2.94. The molecule has 0 aliphatic carbocycles. The number of hydrogen-bond acceptors (Lipinski definition) is 3. The fraction of sp³-hybridized carbons (Fsp3) is 0.333. The van der Waals surface area contributed by atoms with Gasteiger partial charge in [-0.2, -0.15) is 0 Å². The Morgan fingerprint density at radius 1 is 1.38 bits per heavy atom. The normalized spacial score (nSPS) is 20.1. The Labute approximate surface area is 145 Å². The zero-order valence-corrected chi connectivity index (χ0v) is 14.2. The molecule has 0 radical (unpaired) electrons. The summed E-state index contributed by atoms with van der Waals surface area (Å²) in [6, 6.07) is 8.95. The molecule has 2 heterocycles. The van der Waals surface area contributed by atoms with Crippen LogP contribution in [0, 0.1) is 6.92 Å². The molecule has 24 heavy (non-hydrogen) atoms. The van der Waals surface area contributed by atoms with Crippen molar-refractivity contribution in [2.75, 3.05) is 13.2 Å². The summed E-state index contributed by atoms with van der Waals surface area (Å²) in [5.74, 6) is -0.379. The van der Waals surface area contributed by atoms with Crippen molar-refractivity contribution in [1.82, 2.24) is 10.3 Å². The zero-order valence-electron chi connectivity index (χ0n) is 13.4. The third-order valence-corrected chi connectivity index (χ3v) is 4.49. The van der Waals surface area contributed by atoms with Crippen molar-refractivity contribution in [2.45, 2.75) is 25.3 Å². The maximum absolute atomic E-state index is 12.6. The van der Waals surface area contributed by atoms with Gasteiger partial charge in [-0.05, 0) is 37.5 Å². The number of halogens is 1. The van der Waals surface area contributed by atoms with Crippen molar-refractivity contribution in [2.24, 2.45) is 0 Å². The third-order valence-electron chi connectivity index (χ3n) is 4.24. The van der Waals surface area contributed by atoms with Crippen LogP contribution in [0.5, 0.6) is 0 Å². The average molecular weight is 347 g/mol. The number of aromatic nitrogens is 1. The van der Waals surface area contributed by atoms with E-state index in [4.69, 9.17) is 16.3 Å².